The second kappa shape index (κ2) is 4.70. The molecule has 6 nitrogen and oxygen atoms in total. The maximum atomic E-state index is 13.6. The second-order valence-electron chi connectivity index (χ2n) is 3.53. The Hall–Kier alpha value is -1.81. The number of nitrogen functional groups attached to an aromatic ring is 1. The van der Waals surface area contributed by atoms with Gasteiger partial charge in [-0.25, -0.2) is 22.2 Å². The molecule has 3 N–H and O–H groups in total. The lowest BCUT2D eigenvalue weighted by molar-refractivity contribution is 0.557. The van der Waals surface area contributed by atoms with Crippen molar-refractivity contribution >= 4 is 32.4 Å². The Kier molecular flexibility index (Phi) is 3.37. The van der Waals surface area contributed by atoms with Crippen LogP contribution in [-0.2, 0) is 10.0 Å². The lowest BCUT2D eigenvalue weighted by Gasteiger charge is -2.07. The summed E-state index contributed by atoms with van der Waals surface area (Å²) in [7, 11) is -4.23. The van der Waals surface area contributed by atoms with Gasteiger partial charge < -0.3 is 5.73 Å². The molecule has 0 bridgehead atoms. The summed E-state index contributed by atoms with van der Waals surface area (Å²) >= 11 is 0.805. The summed E-state index contributed by atoms with van der Waals surface area (Å²) in [5, 5.41) is -0.0141. The Labute approximate surface area is 111 Å². The largest absolute Gasteiger partial charge is 0.394 e. The van der Waals surface area contributed by atoms with E-state index in [1.54, 1.807) is 6.92 Å². The van der Waals surface area contributed by atoms with Crippen LogP contribution in [0.4, 0.5) is 19.6 Å². The molecule has 0 saturated heterocycles. The number of hydrogen-bond acceptors (Lipinski definition) is 6. The van der Waals surface area contributed by atoms with E-state index in [4.69, 9.17) is 5.73 Å². The van der Waals surface area contributed by atoms with E-state index in [1.165, 1.54) is 0 Å². The first-order chi connectivity index (χ1) is 8.81. The molecular formula is C9H8F2N4O2S2. The van der Waals surface area contributed by atoms with Gasteiger partial charge in [-0.3, -0.25) is 4.72 Å². The number of nitrogens with zero attached hydrogens (tertiary/aromatic N) is 2. The molecule has 2 rings (SSSR count). The SMILES string of the molecule is Cc1nsc(NS(=O)(=O)c2ccc(F)c(N)c2F)n1. The Balaban J connectivity index is 2.43. The minimum atomic E-state index is -4.23. The third kappa shape index (κ3) is 2.63. The van der Waals surface area contributed by atoms with Crippen molar-refractivity contribution in [3.63, 3.8) is 0 Å². The van der Waals surface area contributed by atoms with Crippen LogP contribution in [0.15, 0.2) is 17.0 Å². The average molecular weight is 306 g/mol. The maximum absolute atomic E-state index is 13.6. The second-order valence-corrected chi connectivity index (χ2v) is 5.93. The van der Waals surface area contributed by atoms with E-state index in [0.29, 0.717) is 5.82 Å². The normalized spacial score (nSPS) is 11.5. The molecule has 0 amide bonds. The van der Waals surface area contributed by atoms with E-state index in [-0.39, 0.29) is 5.13 Å². The molecule has 0 radical (unpaired) electrons. The highest BCUT2D eigenvalue weighted by Crippen LogP contribution is 2.25. The number of nitrogens with two attached hydrogens (primary N) is 1. The molecule has 1 aromatic heterocycles. The van der Waals surface area contributed by atoms with Crippen LogP contribution in [0, 0.1) is 18.6 Å². The number of aryl methyl sites for hydroxylation is 1. The standard InChI is InChI=1S/C9H8F2N4O2S2/c1-4-13-9(18-14-4)15-19(16,17)6-3-2-5(10)8(12)7(6)11/h2-3H,12H2,1H3,(H,13,14,15). The van der Waals surface area contributed by atoms with Gasteiger partial charge in [-0.2, -0.15) is 4.37 Å². The summed E-state index contributed by atoms with van der Waals surface area (Å²) in [4.78, 5) is 3.03. The van der Waals surface area contributed by atoms with Crippen LogP contribution in [0.25, 0.3) is 0 Å². The predicted molar refractivity (Wildman–Crippen MR) is 66.2 cm³/mol. The van der Waals surface area contributed by atoms with Crippen molar-refractivity contribution in [1.29, 1.82) is 0 Å². The van der Waals surface area contributed by atoms with Crippen molar-refractivity contribution in [1.82, 2.24) is 9.36 Å². The first-order valence-corrected chi connectivity index (χ1v) is 7.13. The summed E-state index contributed by atoms with van der Waals surface area (Å²) in [6.07, 6.45) is 0. The van der Waals surface area contributed by atoms with E-state index >= 15 is 0 Å². The van der Waals surface area contributed by atoms with Crippen LogP contribution >= 0.6 is 11.5 Å². The molecule has 0 saturated carbocycles. The summed E-state index contributed by atoms with van der Waals surface area (Å²) < 4.78 is 56.3. The summed E-state index contributed by atoms with van der Waals surface area (Å²) in [5.74, 6) is -1.99. The third-order valence-electron chi connectivity index (χ3n) is 2.13. The first kappa shape index (κ1) is 13.6. The molecule has 0 fully saturated rings. The van der Waals surface area contributed by atoms with E-state index in [0.717, 1.165) is 23.7 Å². The molecule has 0 unspecified atom stereocenters. The highest BCUT2D eigenvalue weighted by atomic mass is 32.2. The summed E-state index contributed by atoms with van der Waals surface area (Å²) in [5.41, 5.74) is 4.26. The average Bonchev–Trinajstić information content (AvgIpc) is 2.70. The van der Waals surface area contributed by atoms with Crippen molar-refractivity contribution in [3.8, 4) is 0 Å². The summed E-state index contributed by atoms with van der Waals surface area (Å²) in [6.45, 7) is 1.57. The van der Waals surface area contributed by atoms with Gasteiger partial charge in [-0.1, -0.05) is 0 Å². The number of hydrogen-bond donors (Lipinski definition) is 2. The molecule has 0 aliphatic rings. The van der Waals surface area contributed by atoms with Crippen LogP contribution in [-0.4, -0.2) is 17.8 Å². The molecule has 10 heteroatoms. The maximum Gasteiger partial charge on any atom is 0.266 e. The molecule has 19 heavy (non-hydrogen) atoms. The molecule has 1 heterocycles. The Morgan fingerprint density at radius 3 is 2.63 bits per heavy atom. The van der Waals surface area contributed by atoms with Gasteiger partial charge in [-0.15, -0.1) is 0 Å². The Bertz CT molecular complexity index is 730. The Morgan fingerprint density at radius 2 is 2.05 bits per heavy atom. The van der Waals surface area contributed by atoms with Crippen LogP contribution in [0.1, 0.15) is 5.82 Å². The van der Waals surface area contributed by atoms with Crippen LogP contribution in [0.2, 0.25) is 0 Å². The van der Waals surface area contributed by atoms with Gasteiger partial charge in [0.15, 0.2) is 5.82 Å². The van der Waals surface area contributed by atoms with Gasteiger partial charge in [0.05, 0.1) is 0 Å². The zero-order valence-electron chi connectivity index (χ0n) is 9.52. The van der Waals surface area contributed by atoms with Gasteiger partial charge >= 0.3 is 0 Å². The molecule has 0 atom stereocenters. The predicted octanol–water partition coefficient (Wildman–Crippen LogP) is 1.51. The van der Waals surface area contributed by atoms with Crippen molar-refractivity contribution in [2.75, 3.05) is 10.5 Å². The monoisotopic (exact) mass is 306 g/mol. The highest BCUT2D eigenvalue weighted by molar-refractivity contribution is 7.93. The highest BCUT2D eigenvalue weighted by Gasteiger charge is 2.23. The lowest BCUT2D eigenvalue weighted by Crippen LogP contribution is -2.15. The molecular weight excluding hydrogens is 298 g/mol. The quantitative estimate of drug-likeness (QED) is 0.838. The molecule has 1 aromatic carbocycles. The zero-order chi connectivity index (χ0) is 14.2. The van der Waals surface area contributed by atoms with E-state index < -0.39 is 32.2 Å². The molecule has 0 aliphatic heterocycles. The molecule has 0 aliphatic carbocycles. The van der Waals surface area contributed by atoms with Crippen molar-refractivity contribution in [2.45, 2.75) is 11.8 Å². The van der Waals surface area contributed by atoms with Crippen LogP contribution in [0.5, 0.6) is 0 Å². The van der Waals surface area contributed by atoms with E-state index in [1.807, 2.05) is 4.72 Å². The molecule has 0 spiro atoms. The Morgan fingerprint density at radius 1 is 1.37 bits per heavy atom. The van der Waals surface area contributed by atoms with Crippen molar-refractivity contribution < 1.29 is 17.2 Å². The van der Waals surface area contributed by atoms with Gasteiger partial charge in [0.1, 0.15) is 22.2 Å². The van der Waals surface area contributed by atoms with E-state index in [2.05, 4.69) is 9.36 Å². The number of benzene rings is 1. The van der Waals surface area contributed by atoms with Gasteiger partial charge in [-0.05, 0) is 19.1 Å². The third-order valence-corrected chi connectivity index (χ3v) is 4.34. The number of aromatic nitrogens is 2. The molecule has 102 valence electrons. The smallest absolute Gasteiger partial charge is 0.266 e. The molecule has 2 aromatic rings. The fourth-order valence-corrected chi connectivity index (χ4v) is 3.15. The number of anilines is 2. The topological polar surface area (TPSA) is 98.0 Å². The van der Waals surface area contributed by atoms with Crippen molar-refractivity contribution in [3.05, 3.63) is 29.6 Å². The zero-order valence-corrected chi connectivity index (χ0v) is 11.1. The fourth-order valence-electron chi connectivity index (χ4n) is 1.27. The lowest BCUT2D eigenvalue weighted by atomic mass is 10.3. The van der Waals surface area contributed by atoms with Gasteiger partial charge in [0.2, 0.25) is 5.13 Å². The minimum Gasteiger partial charge on any atom is -0.394 e. The van der Waals surface area contributed by atoms with E-state index in [9.17, 15) is 17.2 Å². The van der Waals surface area contributed by atoms with Crippen LogP contribution < -0.4 is 10.5 Å². The van der Waals surface area contributed by atoms with Crippen LogP contribution in [0.3, 0.4) is 0 Å². The fraction of sp³-hybridized carbons (Fsp3) is 0.111. The van der Waals surface area contributed by atoms with Gasteiger partial charge in [0.25, 0.3) is 10.0 Å². The minimum absolute atomic E-state index is 0.0141. The summed E-state index contributed by atoms with van der Waals surface area (Å²) in [6, 6.07) is 1.57. The first-order valence-electron chi connectivity index (χ1n) is 4.88. The number of sulfonamides is 1. The van der Waals surface area contributed by atoms with Crippen molar-refractivity contribution in [2.24, 2.45) is 0 Å². The number of halogens is 2. The van der Waals surface area contributed by atoms with Gasteiger partial charge in [0, 0.05) is 11.5 Å². The number of rotatable bonds is 3. The number of nitrogens with one attached hydrogen (secondary N) is 1.